The van der Waals surface area contributed by atoms with Crippen molar-refractivity contribution in [1.29, 1.82) is 0 Å². The zero-order valence-electron chi connectivity index (χ0n) is 14.8. The predicted molar refractivity (Wildman–Crippen MR) is 98.0 cm³/mol. The number of fused-ring (bicyclic) bond motifs is 1. The van der Waals surface area contributed by atoms with E-state index >= 15 is 0 Å². The Hall–Kier alpha value is -1.80. The number of thiophene rings is 1. The molecule has 3 heterocycles. The van der Waals surface area contributed by atoms with E-state index in [0.29, 0.717) is 24.3 Å². The number of carbonyl (C=O) groups is 1. The molecular weight excluding hydrogens is 377 g/mol. The summed E-state index contributed by atoms with van der Waals surface area (Å²) in [4.78, 5) is 16.1. The van der Waals surface area contributed by atoms with E-state index in [1.807, 2.05) is 6.07 Å². The van der Waals surface area contributed by atoms with Crippen molar-refractivity contribution in [2.24, 2.45) is 0 Å². The van der Waals surface area contributed by atoms with E-state index in [1.54, 1.807) is 6.07 Å². The Bertz CT molecular complexity index is 856. The molecule has 1 amide bonds. The molecule has 0 bridgehead atoms. The van der Waals surface area contributed by atoms with Gasteiger partial charge >= 0.3 is 12.3 Å². The number of amides is 1. The molecule has 2 aliphatic heterocycles. The Balaban J connectivity index is 1.52. The van der Waals surface area contributed by atoms with Gasteiger partial charge in [0.15, 0.2) is 0 Å². The van der Waals surface area contributed by atoms with Gasteiger partial charge < -0.3 is 10.0 Å². The number of rotatable bonds is 2. The zero-order valence-corrected chi connectivity index (χ0v) is 15.6. The molecule has 1 N–H and O–H groups in total. The molecule has 0 atom stereocenters. The van der Waals surface area contributed by atoms with Gasteiger partial charge in [0.1, 0.15) is 0 Å². The van der Waals surface area contributed by atoms with Crippen molar-refractivity contribution in [2.75, 3.05) is 19.6 Å². The van der Waals surface area contributed by atoms with Gasteiger partial charge in [-0.1, -0.05) is 6.07 Å². The van der Waals surface area contributed by atoms with Crippen LogP contribution in [0.15, 0.2) is 24.3 Å². The quantitative estimate of drug-likeness (QED) is 0.772. The molecule has 1 aromatic heterocycles. The van der Waals surface area contributed by atoms with Gasteiger partial charge in [-0.2, -0.15) is 13.2 Å². The van der Waals surface area contributed by atoms with Crippen molar-refractivity contribution in [3.63, 3.8) is 0 Å². The Morgan fingerprint density at radius 1 is 1.15 bits per heavy atom. The fourth-order valence-corrected chi connectivity index (χ4v) is 5.57. The lowest BCUT2D eigenvalue weighted by atomic mass is 9.85. The number of benzene rings is 1. The third kappa shape index (κ3) is 3.52. The molecule has 2 aliphatic rings. The summed E-state index contributed by atoms with van der Waals surface area (Å²) in [5.41, 5.74) is -0.582. The smallest absolute Gasteiger partial charge is 0.416 e. The first kappa shape index (κ1) is 18.6. The maximum Gasteiger partial charge on any atom is 0.416 e. The molecule has 2 saturated heterocycles. The van der Waals surface area contributed by atoms with E-state index in [9.17, 15) is 18.0 Å². The third-order valence-corrected chi connectivity index (χ3v) is 7.03. The molecule has 2 fully saturated rings. The lowest BCUT2D eigenvalue weighted by molar-refractivity contribution is -0.137. The minimum absolute atomic E-state index is 0.0270. The van der Waals surface area contributed by atoms with Crippen LogP contribution in [0.4, 0.5) is 18.0 Å². The fraction of sp³-hybridized carbons (Fsp3) is 0.526. The van der Waals surface area contributed by atoms with Crippen molar-refractivity contribution < 1.29 is 23.1 Å². The molecule has 1 spiro atoms. The summed E-state index contributed by atoms with van der Waals surface area (Å²) < 4.78 is 39.4. The minimum atomic E-state index is -4.32. The van der Waals surface area contributed by atoms with Gasteiger partial charge in [0.05, 0.1) is 5.56 Å². The molecule has 146 valence electrons. The van der Waals surface area contributed by atoms with Gasteiger partial charge in [-0.05, 0) is 55.8 Å². The highest BCUT2D eigenvalue weighted by Crippen LogP contribution is 2.41. The van der Waals surface area contributed by atoms with E-state index in [2.05, 4.69) is 4.90 Å². The summed E-state index contributed by atoms with van der Waals surface area (Å²) in [5, 5.41) is 10.0. The van der Waals surface area contributed by atoms with Crippen LogP contribution in [-0.2, 0) is 12.7 Å². The van der Waals surface area contributed by atoms with Crippen LogP contribution in [0, 0.1) is 0 Å². The molecule has 27 heavy (non-hydrogen) atoms. The molecule has 0 aliphatic carbocycles. The summed E-state index contributed by atoms with van der Waals surface area (Å²) in [5.74, 6) is 0. The maximum absolute atomic E-state index is 12.9. The van der Waals surface area contributed by atoms with E-state index < -0.39 is 17.8 Å². The predicted octanol–water partition coefficient (Wildman–Crippen LogP) is 5.03. The Kier molecular flexibility index (Phi) is 4.58. The average Bonchev–Trinajstić information content (AvgIpc) is 3.18. The number of likely N-dealkylation sites (tertiary alicyclic amines) is 2. The Morgan fingerprint density at radius 2 is 1.89 bits per heavy atom. The van der Waals surface area contributed by atoms with Crippen molar-refractivity contribution in [3.8, 4) is 0 Å². The number of nitrogens with zero attached hydrogens (tertiary/aromatic N) is 2. The van der Waals surface area contributed by atoms with Gasteiger partial charge in [-0.25, -0.2) is 4.79 Å². The first-order valence-electron chi connectivity index (χ1n) is 9.09. The largest absolute Gasteiger partial charge is 0.465 e. The molecule has 8 heteroatoms. The van der Waals surface area contributed by atoms with Gasteiger partial charge in [0.2, 0.25) is 0 Å². The molecule has 1 aromatic carbocycles. The highest BCUT2D eigenvalue weighted by molar-refractivity contribution is 7.19. The number of piperidine rings is 1. The summed E-state index contributed by atoms with van der Waals surface area (Å²) in [7, 11) is 0. The summed E-state index contributed by atoms with van der Waals surface area (Å²) >= 11 is 1.42. The SMILES string of the molecule is O=C(O)N1CCC2(CCCN2Cc2cc3ccc(C(F)(F)F)cc3s2)CC1. The van der Waals surface area contributed by atoms with E-state index in [4.69, 9.17) is 5.11 Å². The second kappa shape index (κ2) is 6.67. The van der Waals surface area contributed by atoms with Crippen LogP contribution in [0.25, 0.3) is 10.1 Å². The van der Waals surface area contributed by atoms with Crippen LogP contribution >= 0.6 is 11.3 Å². The Labute approximate surface area is 159 Å². The molecule has 0 saturated carbocycles. The lowest BCUT2D eigenvalue weighted by Gasteiger charge is -2.44. The van der Waals surface area contributed by atoms with Gasteiger partial charge in [-0.15, -0.1) is 11.3 Å². The highest BCUT2D eigenvalue weighted by Gasteiger charge is 2.43. The molecule has 0 unspecified atom stereocenters. The number of hydrogen-bond donors (Lipinski definition) is 1. The van der Waals surface area contributed by atoms with Crippen molar-refractivity contribution in [3.05, 3.63) is 34.7 Å². The normalized spacial score (nSPS) is 20.6. The highest BCUT2D eigenvalue weighted by atomic mass is 32.1. The third-order valence-electron chi connectivity index (χ3n) is 5.95. The van der Waals surface area contributed by atoms with Crippen LogP contribution < -0.4 is 0 Å². The number of alkyl halides is 3. The lowest BCUT2D eigenvalue weighted by Crippen LogP contribution is -2.52. The van der Waals surface area contributed by atoms with Crippen LogP contribution in [0.2, 0.25) is 0 Å². The first-order valence-corrected chi connectivity index (χ1v) is 9.91. The van der Waals surface area contributed by atoms with E-state index in [0.717, 1.165) is 48.6 Å². The van der Waals surface area contributed by atoms with Crippen molar-refractivity contribution >= 4 is 27.5 Å². The van der Waals surface area contributed by atoms with E-state index in [-0.39, 0.29) is 5.54 Å². The van der Waals surface area contributed by atoms with Crippen molar-refractivity contribution in [1.82, 2.24) is 9.80 Å². The van der Waals surface area contributed by atoms with Gasteiger partial charge in [0.25, 0.3) is 0 Å². The fourth-order valence-electron chi connectivity index (χ4n) is 4.45. The molecule has 0 radical (unpaired) electrons. The first-order chi connectivity index (χ1) is 12.8. The number of hydrogen-bond acceptors (Lipinski definition) is 3. The van der Waals surface area contributed by atoms with E-state index in [1.165, 1.54) is 22.3 Å². The van der Waals surface area contributed by atoms with Crippen LogP contribution in [-0.4, -0.2) is 46.2 Å². The zero-order chi connectivity index (χ0) is 19.2. The Morgan fingerprint density at radius 3 is 2.56 bits per heavy atom. The molecule has 4 nitrogen and oxygen atoms in total. The topological polar surface area (TPSA) is 43.8 Å². The molecule has 4 rings (SSSR count). The minimum Gasteiger partial charge on any atom is -0.465 e. The second-order valence-corrected chi connectivity index (χ2v) is 8.65. The standard InChI is InChI=1S/C19H21F3N2O2S/c20-19(21,22)14-3-2-13-10-15(27-16(13)11-14)12-24-7-1-4-18(24)5-8-23(9-6-18)17(25)26/h2-3,10-11H,1,4-9,12H2,(H,25,26). The number of halogens is 3. The second-order valence-electron chi connectivity index (χ2n) is 7.48. The van der Waals surface area contributed by atoms with Crippen LogP contribution in [0.3, 0.4) is 0 Å². The maximum atomic E-state index is 12.9. The van der Waals surface area contributed by atoms with Crippen LogP contribution in [0.1, 0.15) is 36.1 Å². The molecule has 2 aromatic rings. The van der Waals surface area contributed by atoms with Crippen LogP contribution in [0.5, 0.6) is 0 Å². The summed E-state index contributed by atoms with van der Waals surface area (Å²) in [6.45, 7) is 2.77. The van der Waals surface area contributed by atoms with Crippen molar-refractivity contribution in [2.45, 2.75) is 43.9 Å². The monoisotopic (exact) mass is 398 g/mol. The summed E-state index contributed by atoms with van der Waals surface area (Å²) in [6.07, 6.45) is -1.40. The molecular formula is C19H21F3N2O2S. The van der Waals surface area contributed by atoms with Gasteiger partial charge in [-0.3, -0.25) is 4.90 Å². The number of carboxylic acid groups (broad SMARTS) is 1. The average molecular weight is 398 g/mol. The summed E-state index contributed by atoms with van der Waals surface area (Å²) in [6, 6.07) is 5.90. The van der Waals surface area contributed by atoms with Gasteiger partial charge in [0, 0.05) is 34.8 Å².